The summed E-state index contributed by atoms with van der Waals surface area (Å²) in [6.07, 6.45) is 3.37. The van der Waals surface area contributed by atoms with E-state index in [0.717, 1.165) is 31.7 Å². The number of aromatic nitrogens is 2. The molecule has 0 radical (unpaired) electrons. The number of hydrogen-bond donors (Lipinski definition) is 3. The van der Waals surface area contributed by atoms with E-state index in [-0.39, 0.29) is 0 Å². The Hall–Kier alpha value is -0.910. The summed E-state index contributed by atoms with van der Waals surface area (Å²) in [6, 6.07) is 2.14. The second-order valence-corrected chi connectivity index (χ2v) is 6.84. The van der Waals surface area contributed by atoms with Gasteiger partial charge in [0.2, 0.25) is 0 Å². The number of β-amino-alcohol motifs (C(OH)–C–C–N with tert-alkyl or cyclic N) is 1. The number of aliphatic hydroxyl groups is 1. The number of nitrogens with zero attached hydrogens (tertiary/aromatic N) is 2. The van der Waals surface area contributed by atoms with Crippen LogP contribution in [-0.2, 0) is 6.54 Å². The van der Waals surface area contributed by atoms with Crippen molar-refractivity contribution in [2.24, 2.45) is 5.41 Å². The molecule has 1 unspecified atom stereocenters. The molecule has 0 amide bonds. The van der Waals surface area contributed by atoms with E-state index in [0.29, 0.717) is 18.5 Å². The van der Waals surface area contributed by atoms with Crippen LogP contribution in [0.25, 0.3) is 0 Å². The van der Waals surface area contributed by atoms with Crippen LogP contribution < -0.4 is 10.6 Å². The Kier molecular flexibility index (Phi) is 3.60. The Labute approximate surface area is 120 Å². The van der Waals surface area contributed by atoms with Gasteiger partial charge >= 0.3 is 0 Å². The van der Waals surface area contributed by atoms with Gasteiger partial charge in [-0.1, -0.05) is 0 Å². The van der Waals surface area contributed by atoms with Gasteiger partial charge in [0.25, 0.3) is 0 Å². The number of nitrogens with one attached hydrogen (secondary N) is 2. The highest BCUT2D eigenvalue weighted by atomic mass is 16.3. The van der Waals surface area contributed by atoms with Crippen molar-refractivity contribution in [2.75, 3.05) is 26.2 Å². The molecule has 2 aliphatic rings. The normalized spacial score (nSPS) is 27.9. The van der Waals surface area contributed by atoms with Crippen molar-refractivity contribution < 1.29 is 5.11 Å². The minimum absolute atomic E-state index is 0.353. The maximum Gasteiger partial charge on any atom is 0.0907 e. The molecule has 0 bridgehead atoms. The summed E-state index contributed by atoms with van der Waals surface area (Å²) in [4.78, 5) is 0. The monoisotopic (exact) mass is 278 g/mol. The highest BCUT2D eigenvalue weighted by Crippen LogP contribution is 2.46. The lowest BCUT2D eigenvalue weighted by Crippen LogP contribution is -2.44. The van der Waals surface area contributed by atoms with Crippen molar-refractivity contribution >= 4 is 0 Å². The quantitative estimate of drug-likeness (QED) is 0.713. The predicted molar refractivity (Wildman–Crippen MR) is 78.7 cm³/mol. The Bertz CT molecular complexity index is 472. The minimum Gasteiger partial charge on any atom is -0.387 e. The van der Waals surface area contributed by atoms with E-state index < -0.39 is 5.60 Å². The number of aryl methyl sites for hydroxylation is 2. The fourth-order valence-electron chi connectivity index (χ4n) is 3.16. The van der Waals surface area contributed by atoms with Gasteiger partial charge in [0.15, 0.2) is 0 Å². The summed E-state index contributed by atoms with van der Waals surface area (Å²) in [7, 11) is 0. The smallest absolute Gasteiger partial charge is 0.0907 e. The first-order chi connectivity index (χ1) is 9.50. The zero-order valence-electron chi connectivity index (χ0n) is 12.6. The Morgan fingerprint density at radius 1 is 1.35 bits per heavy atom. The SMILES string of the molecule is Cc1cc(C)n(CC2(CNCC3(O)CCNC3)CC2)n1. The van der Waals surface area contributed by atoms with Crippen molar-refractivity contribution in [3.05, 3.63) is 17.5 Å². The van der Waals surface area contributed by atoms with Crippen LogP contribution in [0, 0.1) is 19.3 Å². The molecule has 3 rings (SSSR count). The van der Waals surface area contributed by atoms with Crippen LogP contribution in [0.5, 0.6) is 0 Å². The first-order valence-corrected chi connectivity index (χ1v) is 7.65. The molecule has 3 N–H and O–H groups in total. The van der Waals surface area contributed by atoms with Gasteiger partial charge in [-0.2, -0.15) is 5.10 Å². The van der Waals surface area contributed by atoms with Crippen molar-refractivity contribution in [3.8, 4) is 0 Å². The maximum atomic E-state index is 10.3. The summed E-state index contributed by atoms with van der Waals surface area (Å²) in [5.74, 6) is 0. The molecule has 20 heavy (non-hydrogen) atoms. The average Bonchev–Trinajstić information content (AvgIpc) is 2.87. The van der Waals surface area contributed by atoms with Gasteiger partial charge in [-0.25, -0.2) is 0 Å². The first-order valence-electron chi connectivity index (χ1n) is 7.65. The zero-order valence-corrected chi connectivity index (χ0v) is 12.6. The third-order valence-electron chi connectivity index (χ3n) is 4.72. The van der Waals surface area contributed by atoms with Crippen molar-refractivity contribution in [2.45, 2.75) is 45.3 Å². The van der Waals surface area contributed by atoms with E-state index in [1.807, 2.05) is 6.92 Å². The Balaban J connectivity index is 1.51. The van der Waals surface area contributed by atoms with Gasteiger partial charge in [-0.15, -0.1) is 0 Å². The number of rotatable bonds is 6. The van der Waals surface area contributed by atoms with Gasteiger partial charge < -0.3 is 15.7 Å². The third-order valence-corrected chi connectivity index (χ3v) is 4.72. The van der Waals surface area contributed by atoms with Crippen LogP contribution in [0.1, 0.15) is 30.7 Å². The summed E-state index contributed by atoms with van der Waals surface area (Å²) < 4.78 is 2.13. The van der Waals surface area contributed by atoms with Crippen LogP contribution in [-0.4, -0.2) is 46.7 Å². The third kappa shape index (κ3) is 3.05. The van der Waals surface area contributed by atoms with Crippen molar-refractivity contribution in [1.29, 1.82) is 0 Å². The maximum absolute atomic E-state index is 10.3. The van der Waals surface area contributed by atoms with E-state index in [1.165, 1.54) is 18.5 Å². The van der Waals surface area contributed by atoms with Gasteiger partial charge in [0.05, 0.1) is 11.3 Å². The van der Waals surface area contributed by atoms with Crippen LogP contribution >= 0.6 is 0 Å². The van der Waals surface area contributed by atoms with Gasteiger partial charge in [-0.05, 0) is 45.7 Å². The standard InChI is InChI=1S/C15H26N4O/c1-12-7-13(2)19(18-12)11-14(3-4-14)8-17-10-15(20)5-6-16-9-15/h7,16-17,20H,3-6,8-11H2,1-2H3. The lowest BCUT2D eigenvalue weighted by atomic mass is 10.0. The topological polar surface area (TPSA) is 62.1 Å². The number of hydrogen-bond acceptors (Lipinski definition) is 4. The molecule has 2 fully saturated rings. The fraction of sp³-hybridized carbons (Fsp3) is 0.800. The van der Waals surface area contributed by atoms with E-state index >= 15 is 0 Å². The largest absolute Gasteiger partial charge is 0.387 e. The minimum atomic E-state index is -0.547. The molecular formula is C15H26N4O. The average molecular weight is 278 g/mol. The molecule has 1 aliphatic heterocycles. The van der Waals surface area contributed by atoms with Gasteiger partial charge in [0.1, 0.15) is 0 Å². The van der Waals surface area contributed by atoms with Crippen LogP contribution in [0.15, 0.2) is 6.07 Å². The molecule has 1 aliphatic carbocycles. The van der Waals surface area contributed by atoms with Gasteiger partial charge in [-0.3, -0.25) is 4.68 Å². The summed E-state index contributed by atoms with van der Waals surface area (Å²) >= 11 is 0. The summed E-state index contributed by atoms with van der Waals surface area (Å²) in [5, 5.41) is 21.6. The van der Waals surface area contributed by atoms with Crippen molar-refractivity contribution in [3.63, 3.8) is 0 Å². The molecule has 1 saturated carbocycles. The second kappa shape index (κ2) is 5.13. The fourth-order valence-corrected chi connectivity index (χ4v) is 3.16. The van der Waals surface area contributed by atoms with E-state index in [4.69, 9.17) is 0 Å². The molecule has 0 aromatic carbocycles. The summed E-state index contributed by atoms with van der Waals surface area (Å²) in [5.41, 5.74) is 2.14. The first kappa shape index (κ1) is 14.0. The molecule has 5 nitrogen and oxygen atoms in total. The van der Waals surface area contributed by atoms with Gasteiger partial charge in [0, 0.05) is 37.3 Å². The van der Waals surface area contributed by atoms with E-state index in [2.05, 4.69) is 33.4 Å². The molecule has 112 valence electrons. The molecule has 0 spiro atoms. The highest BCUT2D eigenvalue weighted by molar-refractivity contribution is 5.08. The lowest BCUT2D eigenvalue weighted by Gasteiger charge is -2.24. The summed E-state index contributed by atoms with van der Waals surface area (Å²) in [6.45, 7) is 8.47. The Morgan fingerprint density at radius 3 is 2.70 bits per heavy atom. The Morgan fingerprint density at radius 2 is 2.15 bits per heavy atom. The molecule has 1 saturated heterocycles. The highest BCUT2D eigenvalue weighted by Gasteiger charge is 2.43. The molecule has 1 aromatic heterocycles. The molecule has 2 heterocycles. The molecule has 1 aromatic rings. The lowest BCUT2D eigenvalue weighted by molar-refractivity contribution is 0.0595. The predicted octanol–water partition coefficient (Wildman–Crippen LogP) is 0.594. The van der Waals surface area contributed by atoms with Crippen LogP contribution in [0.2, 0.25) is 0 Å². The van der Waals surface area contributed by atoms with Crippen molar-refractivity contribution in [1.82, 2.24) is 20.4 Å². The van der Waals surface area contributed by atoms with Crippen LogP contribution in [0.4, 0.5) is 0 Å². The van der Waals surface area contributed by atoms with Crippen LogP contribution in [0.3, 0.4) is 0 Å². The van der Waals surface area contributed by atoms with E-state index in [9.17, 15) is 5.11 Å². The van der Waals surface area contributed by atoms with E-state index in [1.54, 1.807) is 0 Å². The molecule has 5 heteroatoms. The molecule has 1 atom stereocenters. The molecular weight excluding hydrogens is 252 g/mol. The second-order valence-electron chi connectivity index (χ2n) is 6.84. The zero-order chi connectivity index (χ0) is 14.2.